The predicted molar refractivity (Wildman–Crippen MR) is 90.9 cm³/mol. The standard InChI is InChI=1S/C17H12ClFN4O/c18-13-6-1-11(2-7-13)3-10-15(24)20-17-21-16(22-23-17)12-4-8-14(19)9-5-12/h1-10H,(H2,20,21,22,23,24)/b10-3+. The van der Waals surface area contributed by atoms with Gasteiger partial charge in [0.05, 0.1) is 0 Å². The summed E-state index contributed by atoms with van der Waals surface area (Å²) in [7, 11) is 0. The Labute approximate surface area is 142 Å². The first kappa shape index (κ1) is 15.9. The predicted octanol–water partition coefficient (Wildman–Crippen LogP) is 3.92. The minimum Gasteiger partial charge on any atom is -0.290 e. The molecule has 0 aliphatic carbocycles. The molecule has 0 radical (unpaired) electrons. The Morgan fingerprint density at radius 2 is 1.83 bits per heavy atom. The molecule has 0 unspecified atom stereocenters. The van der Waals surface area contributed by atoms with Crippen molar-refractivity contribution < 1.29 is 9.18 Å². The molecule has 1 amide bonds. The van der Waals surface area contributed by atoms with Gasteiger partial charge in [-0.1, -0.05) is 23.7 Å². The Morgan fingerprint density at radius 1 is 1.12 bits per heavy atom. The van der Waals surface area contributed by atoms with Gasteiger partial charge in [-0.2, -0.15) is 4.98 Å². The molecule has 1 aromatic heterocycles. The van der Waals surface area contributed by atoms with E-state index in [9.17, 15) is 9.18 Å². The Hall–Kier alpha value is -2.99. The molecule has 2 aromatic carbocycles. The van der Waals surface area contributed by atoms with Crippen LogP contribution in [0.25, 0.3) is 17.5 Å². The molecule has 120 valence electrons. The van der Waals surface area contributed by atoms with Gasteiger partial charge in [-0.15, -0.1) is 5.10 Å². The van der Waals surface area contributed by atoms with Crippen LogP contribution >= 0.6 is 11.6 Å². The van der Waals surface area contributed by atoms with Gasteiger partial charge < -0.3 is 0 Å². The zero-order chi connectivity index (χ0) is 16.9. The molecule has 5 nitrogen and oxygen atoms in total. The van der Waals surface area contributed by atoms with Crippen LogP contribution in [0.3, 0.4) is 0 Å². The smallest absolute Gasteiger partial charge is 0.250 e. The summed E-state index contributed by atoms with van der Waals surface area (Å²) in [4.78, 5) is 16.0. The van der Waals surface area contributed by atoms with E-state index in [4.69, 9.17) is 11.6 Å². The lowest BCUT2D eigenvalue weighted by Crippen LogP contribution is -2.09. The Morgan fingerprint density at radius 3 is 2.54 bits per heavy atom. The molecule has 0 bridgehead atoms. The monoisotopic (exact) mass is 342 g/mol. The van der Waals surface area contributed by atoms with Gasteiger partial charge in [-0.25, -0.2) is 4.39 Å². The number of hydrogen-bond acceptors (Lipinski definition) is 3. The van der Waals surface area contributed by atoms with Crippen molar-refractivity contribution in [1.29, 1.82) is 0 Å². The van der Waals surface area contributed by atoms with Crippen LogP contribution in [0.5, 0.6) is 0 Å². The van der Waals surface area contributed by atoms with E-state index in [-0.39, 0.29) is 17.7 Å². The van der Waals surface area contributed by atoms with Crippen LogP contribution in [0.4, 0.5) is 10.3 Å². The maximum absolute atomic E-state index is 12.9. The zero-order valence-corrected chi connectivity index (χ0v) is 13.1. The van der Waals surface area contributed by atoms with Gasteiger partial charge in [0.15, 0.2) is 5.82 Å². The highest BCUT2D eigenvalue weighted by Gasteiger charge is 2.07. The van der Waals surface area contributed by atoms with Gasteiger partial charge in [-0.05, 0) is 48.0 Å². The summed E-state index contributed by atoms with van der Waals surface area (Å²) in [6.07, 6.45) is 3.02. The van der Waals surface area contributed by atoms with E-state index >= 15 is 0 Å². The summed E-state index contributed by atoms with van der Waals surface area (Å²) in [5.41, 5.74) is 1.51. The summed E-state index contributed by atoms with van der Waals surface area (Å²) in [5.74, 6) is -0.124. The summed E-state index contributed by atoms with van der Waals surface area (Å²) in [6.45, 7) is 0. The number of aromatic nitrogens is 3. The topological polar surface area (TPSA) is 70.7 Å². The Kier molecular flexibility index (Phi) is 4.67. The molecule has 24 heavy (non-hydrogen) atoms. The maximum atomic E-state index is 12.9. The molecule has 0 spiro atoms. The van der Waals surface area contributed by atoms with Crippen molar-refractivity contribution in [2.45, 2.75) is 0 Å². The van der Waals surface area contributed by atoms with Crippen LogP contribution in [0, 0.1) is 5.82 Å². The second-order valence-electron chi connectivity index (χ2n) is 4.89. The van der Waals surface area contributed by atoms with Crippen molar-refractivity contribution in [1.82, 2.24) is 15.2 Å². The van der Waals surface area contributed by atoms with Crippen LogP contribution in [-0.2, 0) is 4.79 Å². The first-order valence-electron chi connectivity index (χ1n) is 7.03. The van der Waals surface area contributed by atoms with E-state index in [1.807, 2.05) is 0 Å². The van der Waals surface area contributed by atoms with Gasteiger partial charge in [0, 0.05) is 16.7 Å². The number of H-pyrrole nitrogens is 1. The quantitative estimate of drug-likeness (QED) is 0.706. The molecule has 7 heteroatoms. The number of benzene rings is 2. The molecule has 0 atom stereocenters. The highest BCUT2D eigenvalue weighted by atomic mass is 35.5. The van der Waals surface area contributed by atoms with Gasteiger partial charge in [0.25, 0.3) is 5.91 Å². The van der Waals surface area contributed by atoms with E-state index in [1.165, 1.54) is 18.2 Å². The van der Waals surface area contributed by atoms with Crippen molar-refractivity contribution in [3.05, 3.63) is 71.0 Å². The minimum atomic E-state index is -0.366. The zero-order valence-electron chi connectivity index (χ0n) is 12.3. The molecule has 0 saturated carbocycles. The highest BCUT2D eigenvalue weighted by molar-refractivity contribution is 6.30. The largest absolute Gasteiger partial charge is 0.290 e. The Bertz CT molecular complexity index is 872. The van der Waals surface area contributed by atoms with Crippen LogP contribution in [-0.4, -0.2) is 21.1 Å². The fourth-order valence-corrected chi connectivity index (χ4v) is 2.08. The molecule has 2 N–H and O–H groups in total. The molecular weight excluding hydrogens is 331 g/mol. The number of nitrogens with one attached hydrogen (secondary N) is 2. The normalized spacial score (nSPS) is 10.9. The second-order valence-corrected chi connectivity index (χ2v) is 5.33. The number of hydrogen-bond donors (Lipinski definition) is 2. The van der Waals surface area contributed by atoms with Gasteiger partial charge in [0.2, 0.25) is 5.95 Å². The number of aromatic amines is 1. The van der Waals surface area contributed by atoms with Crippen molar-refractivity contribution in [2.24, 2.45) is 0 Å². The van der Waals surface area contributed by atoms with E-state index in [0.717, 1.165) is 5.56 Å². The number of carbonyl (C=O) groups excluding carboxylic acids is 1. The van der Waals surface area contributed by atoms with E-state index in [1.54, 1.807) is 42.5 Å². The van der Waals surface area contributed by atoms with Gasteiger partial charge >= 0.3 is 0 Å². The number of rotatable bonds is 4. The average Bonchev–Trinajstić information content (AvgIpc) is 3.03. The van der Waals surface area contributed by atoms with Crippen molar-refractivity contribution in [3.63, 3.8) is 0 Å². The van der Waals surface area contributed by atoms with Gasteiger partial charge in [-0.3, -0.25) is 15.2 Å². The molecule has 3 rings (SSSR count). The summed E-state index contributed by atoms with van der Waals surface area (Å²) in [6, 6.07) is 12.9. The van der Waals surface area contributed by atoms with Crippen molar-refractivity contribution >= 4 is 29.5 Å². The minimum absolute atomic E-state index is 0.139. The van der Waals surface area contributed by atoms with Crippen LogP contribution in [0.15, 0.2) is 54.6 Å². The number of anilines is 1. The lowest BCUT2D eigenvalue weighted by molar-refractivity contribution is -0.111. The van der Waals surface area contributed by atoms with E-state index in [0.29, 0.717) is 16.4 Å². The SMILES string of the molecule is O=C(/C=C/c1ccc(Cl)cc1)Nc1n[nH]c(-c2ccc(F)cc2)n1. The molecule has 0 saturated heterocycles. The fourth-order valence-electron chi connectivity index (χ4n) is 1.95. The fraction of sp³-hybridized carbons (Fsp3) is 0. The summed E-state index contributed by atoms with van der Waals surface area (Å²) < 4.78 is 12.9. The lowest BCUT2D eigenvalue weighted by Gasteiger charge is -1.96. The number of amides is 1. The van der Waals surface area contributed by atoms with Crippen LogP contribution < -0.4 is 5.32 Å². The molecular formula is C17H12ClFN4O. The molecule has 1 heterocycles. The summed E-state index contributed by atoms with van der Waals surface area (Å²) >= 11 is 5.80. The molecule has 0 fully saturated rings. The Balaban J connectivity index is 1.64. The van der Waals surface area contributed by atoms with Crippen molar-refractivity contribution in [3.8, 4) is 11.4 Å². The lowest BCUT2D eigenvalue weighted by atomic mass is 10.2. The molecule has 3 aromatic rings. The first-order chi connectivity index (χ1) is 11.6. The third-order valence-electron chi connectivity index (χ3n) is 3.14. The van der Waals surface area contributed by atoms with E-state index in [2.05, 4.69) is 20.5 Å². The third-order valence-corrected chi connectivity index (χ3v) is 3.39. The maximum Gasteiger partial charge on any atom is 0.250 e. The average molecular weight is 343 g/mol. The number of halogens is 2. The number of nitrogens with zero attached hydrogens (tertiary/aromatic N) is 2. The molecule has 0 aliphatic heterocycles. The molecule has 0 aliphatic rings. The second kappa shape index (κ2) is 7.06. The summed E-state index contributed by atoms with van der Waals surface area (Å²) in [5, 5.41) is 9.77. The highest BCUT2D eigenvalue weighted by Crippen LogP contribution is 2.16. The van der Waals surface area contributed by atoms with Crippen LogP contribution in [0.1, 0.15) is 5.56 Å². The van der Waals surface area contributed by atoms with Crippen molar-refractivity contribution in [2.75, 3.05) is 5.32 Å². The van der Waals surface area contributed by atoms with Crippen LogP contribution in [0.2, 0.25) is 5.02 Å². The number of carbonyl (C=O) groups is 1. The first-order valence-corrected chi connectivity index (χ1v) is 7.41. The van der Waals surface area contributed by atoms with Gasteiger partial charge in [0.1, 0.15) is 5.82 Å². The van der Waals surface area contributed by atoms with E-state index < -0.39 is 0 Å². The third kappa shape index (κ3) is 4.05.